The van der Waals surface area contributed by atoms with Gasteiger partial charge in [0.15, 0.2) is 5.65 Å². The van der Waals surface area contributed by atoms with Crippen LogP contribution >= 0.6 is 11.3 Å². The fourth-order valence-corrected chi connectivity index (χ4v) is 3.23. The molecule has 0 unspecified atom stereocenters. The summed E-state index contributed by atoms with van der Waals surface area (Å²) in [4.78, 5) is 5.68. The number of hydrogen-bond donors (Lipinski definition) is 2. The Morgan fingerprint density at radius 3 is 2.92 bits per heavy atom. The highest BCUT2D eigenvalue weighted by Crippen LogP contribution is 2.22. The largest absolute Gasteiger partial charge is 0.392 e. The molecule has 0 spiro atoms. The Bertz CT molecular complexity index is 962. The van der Waals surface area contributed by atoms with Gasteiger partial charge in [0.05, 0.1) is 25.0 Å². The predicted octanol–water partition coefficient (Wildman–Crippen LogP) is 3.56. The highest BCUT2D eigenvalue weighted by molar-refractivity contribution is 7.09. The van der Waals surface area contributed by atoms with Crippen molar-refractivity contribution in [3.63, 3.8) is 0 Å². The molecule has 0 fully saturated rings. The van der Waals surface area contributed by atoms with Crippen molar-refractivity contribution in [3.05, 3.63) is 70.5 Å². The molecule has 0 bridgehead atoms. The molecular weight excluding hydrogens is 320 g/mol. The van der Waals surface area contributed by atoms with E-state index in [2.05, 4.69) is 26.8 Å². The van der Waals surface area contributed by atoms with Crippen LogP contribution in [0.4, 0.5) is 5.82 Å². The minimum atomic E-state index is 0.0195. The fraction of sp³-hybridized carbons (Fsp3) is 0.111. The van der Waals surface area contributed by atoms with Gasteiger partial charge in [-0.15, -0.1) is 16.4 Å². The lowest BCUT2D eigenvalue weighted by molar-refractivity contribution is 0.282. The zero-order valence-corrected chi connectivity index (χ0v) is 13.7. The van der Waals surface area contributed by atoms with Gasteiger partial charge in [0.2, 0.25) is 0 Å². The number of nitrogens with one attached hydrogen (secondary N) is 1. The van der Waals surface area contributed by atoms with Crippen LogP contribution in [0.25, 0.3) is 16.9 Å². The Balaban J connectivity index is 1.67. The monoisotopic (exact) mass is 336 g/mol. The number of aliphatic hydroxyl groups is 1. The number of fused-ring (bicyclic) bond motifs is 1. The van der Waals surface area contributed by atoms with Crippen molar-refractivity contribution < 1.29 is 5.11 Å². The summed E-state index contributed by atoms with van der Waals surface area (Å²) in [5.74, 6) is 0.800. The average Bonchev–Trinajstić information content (AvgIpc) is 3.29. The van der Waals surface area contributed by atoms with Crippen LogP contribution in [0.5, 0.6) is 0 Å². The summed E-state index contributed by atoms with van der Waals surface area (Å²) in [5.41, 5.74) is 3.55. The van der Waals surface area contributed by atoms with Crippen LogP contribution in [-0.4, -0.2) is 19.7 Å². The van der Waals surface area contributed by atoms with Gasteiger partial charge in [-0.1, -0.05) is 24.3 Å². The van der Waals surface area contributed by atoms with Crippen molar-refractivity contribution >= 4 is 22.8 Å². The van der Waals surface area contributed by atoms with Gasteiger partial charge in [-0.05, 0) is 35.2 Å². The van der Waals surface area contributed by atoms with Gasteiger partial charge in [-0.25, -0.2) is 9.50 Å². The van der Waals surface area contributed by atoms with E-state index in [0.717, 1.165) is 34.8 Å². The Morgan fingerprint density at radius 1 is 1.12 bits per heavy atom. The number of anilines is 1. The van der Waals surface area contributed by atoms with Crippen molar-refractivity contribution in [3.8, 4) is 11.3 Å². The molecule has 3 aromatic heterocycles. The predicted molar refractivity (Wildman–Crippen MR) is 96.0 cm³/mol. The minimum Gasteiger partial charge on any atom is -0.392 e. The SMILES string of the molecule is OCc1cccc(-c2cnc3ccc(NCc4cccs4)nn23)c1. The summed E-state index contributed by atoms with van der Waals surface area (Å²) in [7, 11) is 0. The molecule has 0 aliphatic heterocycles. The van der Waals surface area contributed by atoms with Crippen molar-refractivity contribution in [2.75, 3.05) is 5.32 Å². The standard InChI is InChI=1S/C18H16N4OS/c23-12-13-3-1-4-14(9-13)16-11-20-18-7-6-17(21-22(16)18)19-10-15-5-2-8-24-15/h1-9,11,23H,10,12H2,(H,19,21). The molecule has 0 atom stereocenters. The maximum absolute atomic E-state index is 9.33. The molecule has 1 aromatic carbocycles. The van der Waals surface area contributed by atoms with Crippen LogP contribution in [0.2, 0.25) is 0 Å². The van der Waals surface area contributed by atoms with Crippen molar-refractivity contribution in [2.24, 2.45) is 0 Å². The molecule has 0 aliphatic carbocycles. The first-order valence-corrected chi connectivity index (χ1v) is 8.53. The number of rotatable bonds is 5. The summed E-state index contributed by atoms with van der Waals surface area (Å²) in [6.07, 6.45) is 1.81. The molecule has 0 saturated carbocycles. The lowest BCUT2D eigenvalue weighted by atomic mass is 10.1. The number of thiophene rings is 1. The molecule has 6 heteroatoms. The maximum Gasteiger partial charge on any atom is 0.154 e. The van der Waals surface area contributed by atoms with Crippen LogP contribution in [0.15, 0.2) is 60.1 Å². The Labute approximate surface area is 143 Å². The summed E-state index contributed by atoms with van der Waals surface area (Å²) >= 11 is 1.72. The second-order valence-corrected chi connectivity index (χ2v) is 6.46. The van der Waals surface area contributed by atoms with Crippen molar-refractivity contribution in [1.29, 1.82) is 0 Å². The third-order valence-corrected chi connectivity index (χ3v) is 4.67. The first kappa shape index (κ1) is 14.9. The molecule has 24 heavy (non-hydrogen) atoms. The van der Waals surface area contributed by atoms with Crippen LogP contribution in [-0.2, 0) is 13.2 Å². The van der Waals surface area contributed by atoms with E-state index in [4.69, 9.17) is 0 Å². The van der Waals surface area contributed by atoms with E-state index in [-0.39, 0.29) is 6.61 Å². The second-order valence-electron chi connectivity index (χ2n) is 5.42. The summed E-state index contributed by atoms with van der Waals surface area (Å²) in [5, 5.41) is 19.4. The molecule has 5 nitrogen and oxygen atoms in total. The molecule has 0 saturated heterocycles. The number of imidazole rings is 1. The summed E-state index contributed by atoms with van der Waals surface area (Å²) in [6.45, 7) is 0.770. The smallest absolute Gasteiger partial charge is 0.154 e. The number of aliphatic hydroxyl groups excluding tert-OH is 1. The zero-order chi connectivity index (χ0) is 16.4. The molecule has 120 valence electrons. The van der Waals surface area contributed by atoms with Gasteiger partial charge in [-0.2, -0.15) is 0 Å². The van der Waals surface area contributed by atoms with E-state index in [1.54, 1.807) is 11.3 Å². The Morgan fingerprint density at radius 2 is 2.08 bits per heavy atom. The van der Waals surface area contributed by atoms with Gasteiger partial charge >= 0.3 is 0 Å². The maximum atomic E-state index is 9.33. The lowest BCUT2D eigenvalue weighted by Gasteiger charge is -2.07. The third kappa shape index (κ3) is 2.89. The minimum absolute atomic E-state index is 0.0195. The molecule has 3 heterocycles. The lowest BCUT2D eigenvalue weighted by Crippen LogP contribution is -2.03. The van der Waals surface area contributed by atoms with E-state index in [1.807, 2.05) is 53.2 Å². The van der Waals surface area contributed by atoms with Gasteiger partial charge < -0.3 is 10.4 Å². The molecular formula is C18H16N4OS. The van der Waals surface area contributed by atoms with E-state index in [1.165, 1.54) is 4.88 Å². The van der Waals surface area contributed by atoms with E-state index in [0.29, 0.717) is 0 Å². The molecule has 0 aliphatic rings. The van der Waals surface area contributed by atoms with Gasteiger partial charge in [0.25, 0.3) is 0 Å². The highest BCUT2D eigenvalue weighted by Gasteiger charge is 2.08. The quantitative estimate of drug-likeness (QED) is 0.585. The molecule has 0 radical (unpaired) electrons. The van der Waals surface area contributed by atoms with Gasteiger partial charge in [-0.3, -0.25) is 0 Å². The fourth-order valence-electron chi connectivity index (χ4n) is 2.58. The van der Waals surface area contributed by atoms with E-state index >= 15 is 0 Å². The van der Waals surface area contributed by atoms with Crippen LogP contribution < -0.4 is 5.32 Å². The van der Waals surface area contributed by atoms with Crippen molar-refractivity contribution in [2.45, 2.75) is 13.2 Å². The van der Waals surface area contributed by atoms with Crippen LogP contribution in [0.1, 0.15) is 10.4 Å². The van der Waals surface area contributed by atoms with E-state index in [9.17, 15) is 5.11 Å². The Hall–Kier alpha value is -2.70. The van der Waals surface area contributed by atoms with Gasteiger partial charge in [0.1, 0.15) is 5.82 Å². The zero-order valence-electron chi connectivity index (χ0n) is 12.9. The molecule has 2 N–H and O–H groups in total. The number of hydrogen-bond acceptors (Lipinski definition) is 5. The van der Waals surface area contributed by atoms with E-state index < -0.39 is 0 Å². The van der Waals surface area contributed by atoms with Crippen LogP contribution in [0.3, 0.4) is 0 Å². The topological polar surface area (TPSA) is 62.5 Å². The third-order valence-electron chi connectivity index (χ3n) is 3.79. The number of aromatic nitrogens is 3. The van der Waals surface area contributed by atoms with Gasteiger partial charge in [0, 0.05) is 10.4 Å². The first-order valence-electron chi connectivity index (χ1n) is 7.65. The highest BCUT2D eigenvalue weighted by atomic mass is 32.1. The second kappa shape index (κ2) is 6.43. The molecule has 4 rings (SSSR count). The molecule has 0 amide bonds. The first-order chi connectivity index (χ1) is 11.8. The summed E-state index contributed by atoms with van der Waals surface area (Å²) < 4.78 is 1.83. The normalized spacial score (nSPS) is 11.0. The number of benzene rings is 1. The summed E-state index contributed by atoms with van der Waals surface area (Å²) in [6, 6.07) is 15.8. The van der Waals surface area contributed by atoms with Crippen LogP contribution in [0, 0.1) is 0 Å². The number of nitrogens with zero attached hydrogens (tertiary/aromatic N) is 3. The average molecular weight is 336 g/mol. The van der Waals surface area contributed by atoms with Crippen molar-refractivity contribution in [1.82, 2.24) is 14.6 Å². The Kier molecular flexibility index (Phi) is 3.98. The molecule has 4 aromatic rings.